The number of ether oxygens (including phenoxy) is 1. The van der Waals surface area contributed by atoms with Crippen LogP contribution in [0.15, 0.2) is 59.5 Å². The minimum atomic E-state index is 0.653. The van der Waals surface area contributed by atoms with Crippen LogP contribution in [0.25, 0.3) is 22.2 Å². The Labute approximate surface area is 161 Å². The number of rotatable bonds is 6. The van der Waals surface area contributed by atoms with Crippen LogP contribution in [-0.4, -0.2) is 28.8 Å². The van der Waals surface area contributed by atoms with E-state index in [0.717, 1.165) is 27.8 Å². The fraction of sp³-hybridized carbons (Fsp3) is 0.150. The van der Waals surface area contributed by atoms with Crippen LogP contribution >= 0.6 is 11.6 Å². The second kappa shape index (κ2) is 7.63. The van der Waals surface area contributed by atoms with Gasteiger partial charge >= 0.3 is 0 Å². The summed E-state index contributed by atoms with van der Waals surface area (Å²) in [6.07, 6.45) is 3.71. The Morgan fingerprint density at radius 3 is 2.85 bits per heavy atom. The minimum absolute atomic E-state index is 0.653. The Hall–Kier alpha value is -3.12. The standard InChI is InChI=1S/C20H17ClN4O2/c1-26-18-10-13(6-7-15(18)19-11-22-12-27-19)23-9-8-17-20(21)14-4-2-3-5-16(14)24-25-17/h2-7,10-12,23H,8-9H2,1H3. The molecule has 0 bridgehead atoms. The second-order valence-electron chi connectivity index (χ2n) is 5.94. The number of aromatic nitrogens is 3. The summed E-state index contributed by atoms with van der Waals surface area (Å²) < 4.78 is 10.8. The summed E-state index contributed by atoms with van der Waals surface area (Å²) in [5.74, 6) is 1.37. The number of hydrogen-bond donors (Lipinski definition) is 1. The number of nitrogens with zero attached hydrogens (tertiary/aromatic N) is 3. The molecule has 0 spiro atoms. The highest BCUT2D eigenvalue weighted by molar-refractivity contribution is 6.35. The van der Waals surface area contributed by atoms with Gasteiger partial charge in [-0.25, -0.2) is 4.98 Å². The first-order valence-electron chi connectivity index (χ1n) is 8.47. The molecule has 4 aromatic rings. The maximum Gasteiger partial charge on any atom is 0.181 e. The molecule has 0 fully saturated rings. The summed E-state index contributed by atoms with van der Waals surface area (Å²) in [5.41, 5.74) is 3.35. The minimum Gasteiger partial charge on any atom is -0.496 e. The zero-order valence-corrected chi connectivity index (χ0v) is 15.4. The molecule has 7 heteroatoms. The number of oxazole rings is 1. The first-order valence-corrected chi connectivity index (χ1v) is 8.84. The summed E-state index contributed by atoms with van der Waals surface area (Å²) in [4.78, 5) is 3.95. The third-order valence-electron chi connectivity index (χ3n) is 4.26. The molecule has 0 amide bonds. The van der Waals surface area contributed by atoms with Gasteiger partial charge in [-0.3, -0.25) is 0 Å². The van der Waals surface area contributed by atoms with Crippen LogP contribution in [0.1, 0.15) is 5.69 Å². The zero-order valence-electron chi connectivity index (χ0n) is 14.6. The van der Waals surface area contributed by atoms with Gasteiger partial charge in [0.15, 0.2) is 12.2 Å². The summed E-state index contributed by atoms with van der Waals surface area (Å²) in [6, 6.07) is 13.5. The van der Waals surface area contributed by atoms with Crippen molar-refractivity contribution in [3.63, 3.8) is 0 Å². The number of methoxy groups -OCH3 is 1. The smallest absolute Gasteiger partial charge is 0.181 e. The van der Waals surface area contributed by atoms with Crippen molar-refractivity contribution in [2.75, 3.05) is 19.0 Å². The first-order chi connectivity index (χ1) is 13.3. The predicted molar refractivity (Wildman–Crippen MR) is 105 cm³/mol. The molecule has 0 atom stereocenters. The van der Waals surface area contributed by atoms with Crippen molar-refractivity contribution in [3.05, 3.63) is 65.8 Å². The van der Waals surface area contributed by atoms with E-state index in [0.29, 0.717) is 29.5 Å². The quantitative estimate of drug-likeness (QED) is 0.527. The lowest BCUT2D eigenvalue weighted by molar-refractivity contribution is 0.415. The summed E-state index contributed by atoms with van der Waals surface area (Å²) in [5, 5.41) is 13.4. The normalized spacial score (nSPS) is 10.9. The van der Waals surface area contributed by atoms with Gasteiger partial charge < -0.3 is 14.5 Å². The number of anilines is 1. The highest BCUT2D eigenvalue weighted by Gasteiger charge is 2.11. The second-order valence-corrected chi connectivity index (χ2v) is 6.31. The molecular formula is C20H17ClN4O2. The molecule has 4 rings (SSSR count). The molecule has 2 aromatic heterocycles. The third kappa shape index (κ3) is 3.57. The monoisotopic (exact) mass is 380 g/mol. The van der Waals surface area contributed by atoms with Crippen molar-refractivity contribution in [1.82, 2.24) is 15.2 Å². The Morgan fingerprint density at radius 1 is 1.15 bits per heavy atom. The van der Waals surface area contributed by atoms with Crippen LogP contribution in [0.3, 0.4) is 0 Å². The Balaban J connectivity index is 1.47. The van der Waals surface area contributed by atoms with Crippen LogP contribution in [-0.2, 0) is 6.42 Å². The fourth-order valence-electron chi connectivity index (χ4n) is 2.90. The van der Waals surface area contributed by atoms with Crippen molar-refractivity contribution in [2.45, 2.75) is 6.42 Å². The number of nitrogens with one attached hydrogen (secondary N) is 1. The molecule has 0 saturated heterocycles. The average molecular weight is 381 g/mol. The van der Waals surface area contributed by atoms with Crippen LogP contribution in [0.2, 0.25) is 5.02 Å². The Kier molecular flexibility index (Phi) is 4.89. The van der Waals surface area contributed by atoms with E-state index in [1.165, 1.54) is 6.39 Å². The SMILES string of the molecule is COc1cc(NCCc2nnc3ccccc3c2Cl)ccc1-c1cnco1. The predicted octanol–water partition coefficient (Wildman–Crippen LogP) is 4.60. The summed E-state index contributed by atoms with van der Waals surface area (Å²) in [6.45, 7) is 0.664. The number of hydrogen-bond acceptors (Lipinski definition) is 6. The van der Waals surface area contributed by atoms with Gasteiger partial charge in [-0.2, -0.15) is 10.2 Å². The molecule has 6 nitrogen and oxygen atoms in total. The maximum absolute atomic E-state index is 6.48. The maximum atomic E-state index is 6.48. The van der Waals surface area contributed by atoms with Gasteiger partial charge in [-0.05, 0) is 18.2 Å². The van der Waals surface area contributed by atoms with Crippen LogP contribution in [0.4, 0.5) is 5.69 Å². The van der Waals surface area contributed by atoms with Crippen molar-refractivity contribution in [2.24, 2.45) is 0 Å². The Morgan fingerprint density at radius 2 is 2.04 bits per heavy atom. The van der Waals surface area contributed by atoms with Gasteiger partial charge in [-0.15, -0.1) is 0 Å². The molecule has 1 N–H and O–H groups in total. The van der Waals surface area contributed by atoms with E-state index in [1.807, 2.05) is 42.5 Å². The van der Waals surface area contributed by atoms with Crippen molar-refractivity contribution < 1.29 is 9.15 Å². The highest BCUT2D eigenvalue weighted by Crippen LogP contribution is 2.32. The molecule has 0 aliphatic rings. The molecule has 0 saturated carbocycles. The van der Waals surface area contributed by atoms with Crippen molar-refractivity contribution in [1.29, 1.82) is 0 Å². The van der Waals surface area contributed by atoms with Gasteiger partial charge in [0.25, 0.3) is 0 Å². The molecular weight excluding hydrogens is 364 g/mol. The average Bonchev–Trinajstić information content (AvgIpc) is 3.24. The lowest BCUT2D eigenvalue weighted by Gasteiger charge is -2.11. The lowest BCUT2D eigenvalue weighted by Crippen LogP contribution is -2.07. The molecule has 0 aliphatic carbocycles. The summed E-state index contributed by atoms with van der Waals surface area (Å²) in [7, 11) is 1.63. The van der Waals surface area contributed by atoms with E-state index in [1.54, 1.807) is 13.3 Å². The van der Waals surface area contributed by atoms with Crippen LogP contribution < -0.4 is 10.1 Å². The van der Waals surface area contributed by atoms with E-state index in [4.69, 9.17) is 20.8 Å². The molecule has 2 aromatic carbocycles. The summed E-state index contributed by atoms with van der Waals surface area (Å²) >= 11 is 6.48. The molecule has 136 valence electrons. The fourth-order valence-corrected chi connectivity index (χ4v) is 3.19. The zero-order chi connectivity index (χ0) is 18.6. The van der Waals surface area contributed by atoms with E-state index in [9.17, 15) is 0 Å². The number of halogens is 1. The van der Waals surface area contributed by atoms with Gasteiger partial charge in [0.05, 0.1) is 35.1 Å². The molecule has 0 radical (unpaired) electrons. The molecule has 0 unspecified atom stereocenters. The van der Waals surface area contributed by atoms with Crippen molar-refractivity contribution >= 4 is 28.2 Å². The lowest BCUT2D eigenvalue weighted by atomic mass is 10.1. The molecule has 2 heterocycles. The van der Waals surface area contributed by atoms with Crippen molar-refractivity contribution in [3.8, 4) is 17.1 Å². The number of benzene rings is 2. The van der Waals surface area contributed by atoms with Crippen LogP contribution in [0, 0.1) is 0 Å². The highest BCUT2D eigenvalue weighted by atomic mass is 35.5. The number of fused-ring (bicyclic) bond motifs is 1. The first kappa shape index (κ1) is 17.3. The van der Waals surface area contributed by atoms with E-state index < -0.39 is 0 Å². The molecule has 0 aliphatic heterocycles. The third-order valence-corrected chi connectivity index (χ3v) is 4.68. The van der Waals surface area contributed by atoms with Gasteiger partial charge in [0.1, 0.15) is 5.75 Å². The van der Waals surface area contributed by atoms with E-state index in [-0.39, 0.29) is 0 Å². The Bertz CT molecular complexity index is 1070. The van der Waals surface area contributed by atoms with Crippen LogP contribution in [0.5, 0.6) is 5.75 Å². The van der Waals surface area contributed by atoms with E-state index >= 15 is 0 Å². The topological polar surface area (TPSA) is 73.1 Å². The van der Waals surface area contributed by atoms with Gasteiger partial charge in [0.2, 0.25) is 0 Å². The van der Waals surface area contributed by atoms with Gasteiger partial charge in [-0.1, -0.05) is 29.8 Å². The van der Waals surface area contributed by atoms with Gasteiger partial charge in [0, 0.05) is 30.1 Å². The largest absolute Gasteiger partial charge is 0.496 e. The molecule has 27 heavy (non-hydrogen) atoms. The van der Waals surface area contributed by atoms with E-state index in [2.05, 4.69) is 20.5 Å².